The number of hydrogen-bond donors (Lipinski definition) is 2. The Morgan fingerprint density at radius 1 is 1.19 bits per heavy atom. The Morgan fingerprint density at radius 2 is 1.89 bits per heavy atom. The highest BCUT2D eigenvalue weighted by Gasteiger charge is 2.23. The maximum absolute atomic E-state index is 13.8. The summed E-state index contributed by atoms with van der Waals surface area (Å²) < 4.78 is 18.8. The van der Waals surface area contributed by atoms with Gasteiger partial charge in [0.2, 0.25) is 0 Å². The molecule has 1 heterocycles. The first-order chi connectivity index (χ1) is 12.9. The third kappa shape index (κ3) is 4.35. The second-order valence-electron chi connectivity index (χ2n) is 5.94. The van der Waals surface area contributed by atoms with Crippen LogP contribution >= 0.6 is 0 Å². The van der Waals surface area contributed by atoms with Gasteiger partial charge in [0.05, 0.1) is 18.0 Å². The predicted octanol–water partition coefficient (Wildman–Crippen LogP) is 3.13. The summed E-state index contributed by atoms with van der Waals surface area (Å²) in [6.07, 6.45) is -0.313. The van der Waals surface area contributed by atoms with Crippen molar-refractivity contribution in [1.29, 1.82) is 0 Å². The standard InChI is InChI=1S/C19H16FN3O4/c1-11-6-8-12(9-7-11)15(10-16(24)25)21-18(26)17-22-19(27-23-17)13-4-2-3-5-14(13)20/h2-9,15H,10H2,1H3,(H,21,26)(H,24,25)/t15-/m0/s1. The fourth-order valence-corrected chi connectivity index (χ4v) is 2.51. The van der Waals surface area contributed by atoms with E-state index in [4.69, 9.17) is 9.63 Å². The Morgan fingerprint density at radius 3 is 2.56 bits per heavy atom. The lowest BCUT2D eigenvalue weighted by molar-refractivity contribution is -0.137. The SMILES string of the molecule is Cc1ccc([C@H](CC(=O)O)NC(=O)c2noc(-c3ccccc3F)n2)cc1. The van der Waals surface area contributed by atoms with E-state index >= 15 is 0 Å². The molecule has 2 aromatic carbocycles. The Bertz CT molecular complexity index is 969. The number of nitrogens with one attached hydrogen (secondary N) is 1. The highest BCUT2D eigenvalue weighted by molar-refractivity contribution is 5.91. The number of carboxylic acid groups (broad SMARTS) is 1. The predicted molar refractivity (Wildman–Crippen MR) is 93.3 cm³/mol. The largest absolute Gasteiger partial charge is 0.481 e. The second-order valence-corrected chi connectivity index (χ2v) is 5.94. The second kappa shape index (κ2) is 7.77. The van der Waals surface area contributed by atoms with Gasteiger partial charge in [0.25, 0.3) is 17.6 Å². The van der Waals surface area contributed by atoms with Gasteiger partial charge in [0, 0.05) is 0 Å². The van der Waals surface area contributed by atoms with Crippen molar-refractivity contribution in [3.05, 3.63) is 71.3 Å². The summed E-state index contributed by atoms with van der Waals surface area (Å²) in [5.74, 6) is -2.79. The Kier molecular flexibility index (Phi) is 5.25. The first-order valence-corrected chi connectivity index (χ1v) is 8.12. The van der Waals surface area contributed by atoms with Gasteiger partial charge in [0.1, 0.15) is 5.82 Å². The molecular weight excluding hydrogens is 353 g/mol. The molecular formula is C19H16FN3O4. The third-order valence-corrected chi connectivity index (χ3v) is 3.90. The minimum atomic E-state index is -1.07. The molecule has 0 fully saturated rings. The molecule has 0 aliphatic rings. The lowest BCUT2D eigenvalue weighted by atomic mass is 10.0. The van der Waals surface area contributed by atoms with E-state index in [0.29, 0.717) is 5.56 Å². The fraction of sp³-hybridized carbons (Fsp3) is 0.158. The molecule has 3 rings (SSSR count). The molecule has 2 N–H and O–H groups in total. The maximum atomic E-state index is 13.8. The van der Waals surface area contributed by atoms with Crippen LogP contribution < -0.4 is 5.32 Å². The number of amides is 1. The van der Waals surface area contributed by atoms with E-state index in [-0.39, 0.29) is 23.7 Å². The molecule has 8 heteroatoms. The minimum absolute atomic E-state index is 0.0738. The molecule has 138 valence electrons. The highest BCUT2D eigenvalue weighted by Crippen LogP contribution is 2.21. The summed E-state index contributed by atoms with van der Waals surface area (Å²) >= 11 is 0. The number of rotatable bonds is 6. The summed E-state index contributed by atoms with van der Waals surface area (Å²) in [5.41, 5.74) is 1.71. The molecule has 0 spiro atoms. The zero-order valence-corrected chi connectivity index (χ0v) is 14.3. The van der Waals surface area contributed by atoms with Crippen molar-refractivity contribution in [3.63, 3.8) is 0 Å². The molecule has 0 aliphatic heterocycles. The number of carbonyl (C=O) groups excluding carboxylic acids is 1. The van der Waals surface area contributed by atoms with Crippen molar-refractivity contribution in [2.75, 3.05) is 0 Å². The quantitative estimate of drug-likeness (QED) is 0.692. The number of carboxylic acids is 1. The highest BCUT2D eigenvalue weighted by atomic mass is 19.1. The third-order valence-electron chi connectivity index (χ3n) is 3.90. The molecule has 7 nitrogen and oxygen atoms in total. The van der Waals surface area contributed by atoms with Gasteiger partial charge >= 0.3 is 5.97 Å². The molecule has 0 radical (unpaired) electrons. The van der Waals surface area contributed by atoms with Gasteiger partial charge in [-0.2, -0.15) is 4.98 Å². The monoisotopic (exact) mass is 369 g/mol. The van der Waals surface area contributed by atoms with Crippen LogP contribution in [-0.4, -0.2) is 27.1 Å². The number of aryl methyl sites for hydroxylation is 1. The van der Waals surface area contributed by atoms with Crippen LogP contribution in [0.2, 0.25) is 0 Å². The zero-order valence-electron chi connectivity index (χ0n) is 14.3. The van der Waals surface area contributed by atoms with Crippen LogP contribution in [0.1, 0.15) is 34.2 Å². The van der Waals surface area contributed by atoms with Crippen molar-refractivity contribution in [2.45, 2.75) is 19.4 Å². The number of halogens is 1. The number of hydrogen-bond acceptors (Lipinski definition) is 5. The maximum Gasteiger partial charge on any atom is 0.305 e. The fourth-order valence-electron chi connectivity index (χ4n) is 2.51. The van der Waals surface area contributed by atoms with E-state index in [1.807, 2.05) is 19.1 Å². The minimum Gasteiger partial charge on any atom is -0.481 e. The van der Waals surface area contributed by atoms with Crippen molar-refractivity contribution >= 4 is 11.9 Å². The lowest BCUT2D eigenvalue weighted by Gasteiger charge is -2.16. The number of aliphatic carboxylic acids is 1. The first kappa shape index (κ1) is 18.2. The van der Waals surface area contributed by atoms with Crippen molar-refractivity contribution in [1.82, 2.24) is 15.5 Å². The van der Waals surface area contributed by atoms with Gasteiger partial charge < -0.3 is 14.9 Å². The molecule has 1 atom stereocenters. The summed E-state index contributed by atoms with van der Waals surface area (Å²) in [6, 6.07) is 12.1. The van der Waals surface area contributed by atoms with E-state index < -0.39 is 23.7 Å². The molecule has 0 unspecified atom stereocenters. The summed E-state index contributed by atoms with van der Waals surface area (Å²) in [4.78, 5) is 27.5. The number of benzene rings is 2. The van der Waals surface area contributed by atoms with Gasteiger partial charge in [0.15, 0.2) is 0 Å². The van der Waals surface area contributed by atoms with Crippen LogP contribution in [0, 0.1) is 12.7 Å². The smallest absolute Gasteiger partial charge is 0.305 e. The van der Waals surface area contributed by atoms with E-state index in [1.54, 1.807) is 18.2 Å². The first-order valence-electron chi connectivity index (χ1n) is 8.12. The van der Waals surface area contributed by atoms with Crippen LogP contribution in [-0.2, 0) is 4.79 Å². The van der Waals surface area contributed by atoms with Crippen LogP contribution in [0.5, 0.6) is 0 Å². The van der Waals surface area contributed by atoms with Gasteiger partial charge in [-0.05, 0) is 24.6 Å². The Labute approximate surface area is 153 Å². The van der Waals surface area contributed by atoms with Gasteiger partial charge in [-0.3, -0.25) is 9.59 Å². The number of nitrogens with zero attached hydrogens (tertiary/aromatic N) is 2. The molecule has 1 amide bonds. The summed E-state index contributed by atoms with van der Waals surface area (Å²) in [5, 5.41) is 15.3. The molecule has 0 bridgehead atoms. The van der Waals surface area contributed by atoms with E-state index in [1.165, 1.54) is 18.2 Å². The molecule has 0 saturated carbocycles. The topological polar surface area (TPSA) is 105 Å². The normalized spacial score (nSPS) is 11.8. The Hall–Kier alpha value is -3.55. The van der Waals surface area contributed by atoms with Crippen molar-refractivity contribution < 1.29 is 23.6 Å². The van der Waals surface area contributed by atoms with Crippen LogP contribution in [0.15, 0.2) is 53.1 Å². The number of carbonyl (C=O) groups is 2. The van der Waals surface area contributed by atoms with E-state index in [0.717, 1.165) is 5.56 Å². The van der Waals surface area contributed by atoms with E-state index in [2.05, 4.69) is 15.5 Å². The Balaban J connectivity index is 1.81. The lowest BCUT2D eigenvalue weighted by Crippen LogP contribution is -2.31. The average molecular weight is 369 g/mol. The summed E-state index contributed by atoms with van der Waals surface area (Å²) in [6.45, 7) is 1.90. The van der Waals surface area contributed by atoms with Crippen molar-refractivity contribution in [2.24, 2.45) is 0 Å². The summed E-state index contributed by atoms with van der Waals surface area (Å²) in [7, 11) is 0. The zero-order chi connectivity index (χ0) is 19.4. The van der Waals surface area contributed by atoms with Gasteiger partial charge in [-0.1, -0.05) is 47.1 Å². The molecule has 27 heavy (non-hydrogen) atoms. The average Bonchev–Trinajstić information content (AvgIpc) is 3.12. The van der Waals surface area contributed by atoms with Gasteiger partial charge in [-0.15, -0.1) is 0 Å². The number of aromatic nitrogens is 2. The van der Waals surface area contributed by atoms with Gasteiger partial charge in [-0.25, -0.2) is 4.39 Å². The molecule has 0 saturated heterocycles. The van der Waals surface area contributed by atoms with Crippen LogP contribution in [0.25, 0.3) is 11.5 Å². The van der Waals surface area contributed by atoms with Crippen LogP contribution in [0.3, 0.4) is 0 Å². The van der Waals surface area contributed by atoms with Crippen molar-refractivity contribution in [3.8, 4) is 11.5 Å². The molecule has 0 aliphatic carbocycles. The molecule has 1 aromatic heterocycles. The van der Waals surface area contributed by atoms with Crippen LogP contribution in [0.4, 0.5) is 4.39 Å². The van der Waals surface area contributed by atoms with E-state index in [9.17, 15) is 14.0 Å². The molecule has 3 aromatic rings.